The lowest BCUT2D eigenvalue weighted by Gasteiger charge is -2.38. The molecule has 5 heteroatoms. The van der Waals surface area contributed by atoms with E-state index in [-0.39, 0.29) is 11.9 Å². The van der Waals surface area contributed by atoms with Gasteiger partial charge in [-0.3, -0.25) is 9.80 Å². The largest absolute Gasteiger partial charge is 0.508 e. The normalized spacial score (nSPS) is 18.8. The number of likely N-dealkylation sites (tertiary alicyclic amines) is 1. The Morgan fingerprint density at radius 2 is 1.60 bits per heavy atom. The lowest BCUT2D eigenvalue weighted by molar-refractivity contribution is 0.174. The third-order valence-electron chi connectivity index (χ3n) is 7.37. The Morgan fingerprint density at radius 3 is 2.37 bits per heavy atom. The number of halogens is 1. The average Bonchev–Trinajstić information content (AvgIpc) is 2.88. The van der Waals surface area contributed by atoms with Gasteiger partial charge in [0.15, 0.2) is 0 Å². The van der Waals surface area contributed by atoms with Gasteiger partial charge in [-0.15, -0.1) is 0 Å². The van der Waals surface area contributed by atoms with Crippen LogP contribution in [0.4, 0.5) is 4.39 Å². The number of hydrogen-bond acceptors (Lipinski definition) is 4. The van der Waals surface area contributed by atoms with Crippen LogP contribution in [0.15, 0.2) is 66.7 Å². The topological polar surface area (TPSA) is 35.9 Å². The highest BCUT2D eigenvalue weighted by atomic mass is 19.1. The fourth-order valence-corrected chi connectivity index (χ4v) is 5.42. The minimum absolute atomic E-state index is 0.190. The maximum Gasteiger partial charge on any atom is 0.123 e. The molecule has 1 atom stereocenters. The van der Waals surface area contributed by atoms with E-state index >= 15 is 0 Å². The van der Waals surface area contributed by atoms with Crippen LogP contribution in [-0.2, 0) is 19.4 Å². The van der Waals surface area contributed by atoms with E-state index in [1.165, 1.54) is 61.2 Å². The lowest BCUT2D eigenvalue weighted by atomic mass is 9.88. The molecule has 0 aromatic heterocycles. The molecule has 3 aromatic carbocycles. The number of nitrogens with zero attached hydrogens (tertiary/aromatic N) is 2. The molecule has 1 fully saturated rings. The molecule has 0 aliphatic carbocycles. The van der Waals surface area contributed by atoms with E-state index < -0.39 is 0 Å². The van der Waals surface area contributed by atoms with Gasteiger partial charge in [0.05, 0.1) is 0 Å². The molecule has 2 aliphatic rings. The van der Waals surface area contributed by atoms with Crippen LogP contribution in [-0.4, -0.2) is 47.7 Å². The minimum atomic E-state index is -0.206. The molecule has 0 bridgehead atoms. The van der Waals surface area contributed by atoms with Crippen LogP contribution in [0.5, 0.6) is 11.5 Å². The van der Waals surface area contributed by atoms with Crippen molar-refractivity contribution in [1.29, 1.82) is 0 Å². The maximum absolute atomic E-state index is 13.4. The number of ether oxygens (including phenoxy) is 1. The Balaban J connectivity index is 1.26. The predicted molar refractivity (Wildman–Crippen MR) is 137 cm³/mol. The first-order chi connectivity index (χ1) is 17.1. The van der Waals surface area contributed by atoms with Crippen molar-refractivity contribution in [2.45, 2.75) is 44.7 Å². The van der Waals surface area contributed by atoms with Gasteiger partial charge in [0.25, 0.3) is 0 Å². The molecule has 4 nitrogen and oxygen atoms in total. The van der Waals surface area contributed by atoms with Crippen molar-refractivity contribution < 1.29 is 14.2 Å². The summed E-state index contributed by atoms with van der Waals surface area (Å²) in [6, 6.07) is 21.2. The molecule has 0 radical (unpaired) electrons. The van der Waals surface area contributed by atoms with Gasteiger partial charge in [-0.2, -0.15) is 0 Å². The highest BCUT2D eigenvalue weighted by Crippen LogP contribution is 2.35. The highest BCUT2D eigenvalue weighted by molar-refractivity contribution is 5.40. The monoisotopic (exact) mass is 474 g/mol. The zero-order valence-electron chi connectivity index (χ0n) is 20.3. The van der Waals surface area contributed by atoms with E-state index in [2.05, 4.69) is 40.1 Å². The molecule has 3 aromatic rings. The van der Waals surface area contributed by atoms with E-state index in [9.17, 15) is 9.50 Å². The first-order valence-corrected chi connectivity index (χ1v) is 12.9. The van der Waals surface area contributed by atoms with Gasteiger partial charge in [-0.25, -0.2) is 4.39 Å². The third-order valence-corrected chi connectivity index (χ3v) is 7.37. The summed E-state index contributed by atoms with van der Waals surface area (Å²) in [5.41, 5.74) is 4.83. The Bertz CT molecular complexity index is 1090. The van der Waals surface area contributed by atoms with Crippen molar-refractivity contribution >= 4 is 0 Å². The Kier molecular flexibility index (Phi) is 7.65. The van der Waals surface area contributed by atoms with Crippen LogP contribution in [0.3, 0.4) is 0 Å². The van der Waals surface area contributed by atoms with Crippen LogP contribution in [0.25, 0.3) is 0 Å². The fraction of sp³-hybridized carbons (Fsp3) is 0.400. The van der Waals surface area contributed by atoms with E-state index in [4.69, 9.17) is 4.74 Å². The summed E-state index contributed by atoms with van der Waals surface area (Å²) in [6.07, 6.45) is 5.72. The summed E-state index contributed by atoms with van der Waals surface area (Å²) < 4.78 is 19.4. The zero-order chi connectivity index (χ0) is 24.0. The second-order valence-corrected chi connectivity index (χ2v) is 9.84. The minimum Gasteiger partial charge on any atom is -0.508 e. The summed E-state index contributed by atoms with van der Waals surface area (Å²) in [6.45, 7) is 5.77. The van der Waals surface area contributed by atoms with Crippen molar-refractivity contribution in [3.63, 3.8) is 0 Å². The van der Waals surface area contributed by atoms with Crippen molar-refractivity contribution in [3.8, 4) is 11.5 Å². The maximum atomic E-state index is 13.4. The van der Waals surface area contributed by atoms with Crippen molar-refractivity contribution in [1.82, 2.24) is 9.80 Å². The Morgan fingerprint density at radius 1 is 0.857 bits per heavy atom. The van der Waals surface area contributed by atoms with E-state index in [0.29, 0.717) is 5.75 Å². The number of fused-ring (bicyclic) bond motifs is 1. The summed E-state index contributed by atoms with van der Waals surface area (Å²) in [5, 5.41) is 10.0. The molecule has 2 aliphatic heterocycles. The van der Waals surface area contributed by atoms with Crippen molar-refractivity contribution in [2.24, 2.45) is 0 Å². The first-order valence-electron chi connectivity index (χ1n) is 12.9. The number of rotatable bonds is 8. The molecule has 0 saturated carbocycles. The quantitative estimate of drug-likeness (QED) is 0.452. The fourth-order valence-electron chi connectivity index (χ4n) is 5.42. The second-order valence-electron chi connectivity index (χ2n) is 9.84. The van der Waals surface area contributed by atoms with Crippen LogP contribution in [0.2, 0.25) is 0 Å². The number of aromatic hydroxyl groups is 1. The van der Waals surface area contributed by atoms with Gasteiger partial charge < -0.3 is 9.84 Å². The van der Waals surface area contributed by atoms with E-state index in [0.717, 1.165) is 50.4 Å². The molecule has 0 spiro atoms. The van der Waals surface area contributed by atoms with Gasteiger partial charge in [0, 0.05) is 25.7 Å². The molecular formula is C30H35FN2O2. The smallest absolute Gasteiger partial charge is 0.123 e. The number of piperidine rings is 1. The number of phenols is 1. The van der Waals surface area contributed by atoms with Gasteiger partial charge in [0.1, 0.15) is 23.9 Å². The van der Waals surface area contributed by atoms with Crippen LogP contribution < -0.4 is 4.74 Å². The van der Waals surface area contributed by atoms with E-state index in [1.54, 1.807) is 6.07 Å². The van der Waals surface area contributed by atoms with Crippen molar-refractivity contribution in [2.75, 3.05) is 32.8 Å². The first kappa shape index (κ1) is 23.8. The SMILES string of the molecule is Oc1ccc2c(c1)CCN(Cc1ccc(F)cc1)C2Cc1ccc(OCCN2CCCCC2)cc1. The highest BCUT2D eigenvalue weighted by Gasteiger charge is 2.28. The second kappa shape index (κ2) is 11.2. The molecule has 184 valence electrons. The zero-order valence-corrected chi connectivity index (χ0v) is 20.3. The molecule has 2 heterocycles. The predicted octanol–water partition coefficient (Wildman–Crippen LogP) is 5.74. The molecular weight excluding hydrogens is 439 g/mol. The molecule has 35 heavy (non-hydrogen) atoms. The van der Waals surface area contributed by atoms with Gasteiger partial charge in [-0.05, 0) is 97.4 Å². The molecule has 5 rings (SSSR count). The summed E-state index contributed by atoms with van der Waals surface area (Å²) >= 11 is 0. The molecule has 1 N–H and O–H groups in total. The summed E-state index contributed by atoms with van der Waals surface area (Å²) in [4.78, 5) is 4.96. The van der Waals surface area contributed by atoms with E-state index in [1.807, 2.05) is 18.2 Å². The van der Waals surface area contributed by atoms with Gasteiger partial charge in [0.2, 0.25) is 0 Å². The van der Waals surface area contributed by atoms with Crippen LogP contribution >= 0.6 is 0 Å². The molecule has 1 unspecified atom stereocenters. The lowest BCUT2D eigenvalue weighted by Crippen LogP contribution is -2.36. The van der Waals surface area contributed by atoms with Crippen molar-refractivity contribution in [3.05, 3.63) is 94.8 Å². The summed E-state index contributed by atoms with van der Waals surface area (Å²) in [7, 11) is 0. The average molecular weight is 475 g/mol. The number of benzene rings is 3. The third kappa shape index (κ3) is 6.22. The Hall–Kier alpha value is -2.89. The molecule has 1 saturated heterocycles. The summed E-state index contributed by atoms with van der Waals surface area (Å²) in [5.74, 6) is 1.03. The van der Waals surface area contributed by atoms with Crippen LogP contribution in [0.1, 0.15) is 47.6 Å². The van der Waals surface area contributed by atoms with Gasteiger partial charge >= 0.3 is 0 Å². The molecule has 0 amide bonds. The van der Waals surface area contributed by atoms with Gasteiger partial charge in [-0.1, -0.05) is 36.8 Å². The number of hydrogen-bond donors (Lipinski definition) is 1. The standard InChI is InChI=1S/C30H35FN2O2/c31-26-8-4-24(5-9-26)22-33-17-14-25-21-27(34)10-13-29(25)30(33)20-23-6-11-28(12-7-23)35-19-18-32-15-2-1-3-16-32/h4-13,21,30,34H,1-3,14-20,22H2. The van der Waals surface area contributed by atoms with Crippen LogP contribution in [0, 0.1) is 5.82 Å². The number of phenolic OH excluding ortho intramolecular Hbond substituents is 1. The Labute approximate surface area is 208 Å².